The van der Waals surface area contributed by atoms with E-state index < -0.39 is 0 Å². The zero-order valence-corrected chi connectivity index (χ0v) is 12.4. The normalized spacial score (nSPS) is 11.2. The number of benzene rings is 1. The quantitative estimate of drug-likeness (QED) is 0.846. The fourth-order valence-corrected chi connectivity index (χ4v) is 2.26. The Hall–Kier alpha value is -1.81. The van der Waals surface area contributed by atoms with Crippen LogP contribution in [0.2, 0.25) is 0 Å². The third-order valence-corrected chi connectivity index (χ3v) is 3.29. The number of aryl methyl sites for hydroxylation is 1. The Morgan fingerprint density at radius 3 is 2.80 bits per heavy atom. The SMILES string of the molecule is CC(C)CNC(=O)CNCc1cn(C)c2ccccc12. The maximum atomic E-state index is 11.6. The molecule has 2 N–H and O–H groups in total. The first-order valence-electron chi connectivity index (χ1n) is 7.08. The Balaban J connectivity index is 1.89. The molecule has 2 aromatic rings. The summed E-state index contributed by atoms with van der Waals surface area (Å²) < 4.78 is 2.12. The molecule has 108 valence electrons. The lowest BCUT2D eigenvalue weighted by molar-refractivity contribution is -0.120. The molecule has 0 saturated heterocycles. The van der Waals surface area contributed by atoms with Crippen molar-refractivity contribution in [3.05, 3.63) is 36.0 Å². The first-order chi connectivity index (χ1) is 9.58. The van der Waals surface area contributed by atoms with Crippen LogP contribution < -0.4 is 10.6 Å². The first-order valence-corrected chi connectivity index (χ1v) is 7.08. The molecular weight excluding hydrogens is 250 g/mol. The van der Waals surface area contributed by atoms with E-state index in [-0.39, 0.29) is 5.91 Å². The molecule has 4 nitrogen and oxygen atoms in total. The van der Waals surface area contributed by atoms with Crippen molar-refractivity contribution >= 4 is 16.8 Å². The number of fused-ring (bicyclic) bond motifs is 1. The Kier molecular flexibility index (Phi) is 4.79. The highest BCUT2D eigenvalue weighted by molar-refractivity contribution is 5.84. The molecule has 0 aliphatic rings. The number of hydrogen-bond donors (Lipinski definition) is 2. The number of nitrogens with one attached hydrogen (secondary N) is 2. The summed E-state index contributed by atoms with van der Waals surface area (Å²) in [5.74, 6) is 0.538. The molecule has 1 amide bonds. The van der Waals surface area contributed by atoms with Crippen molar-refractivity contribution in [2.24, 2.45) is 13.0 Å². The predicted molar refractivity (Wildman–Crippen MR) is 82.5 cm³/mol. The van der Waals surface area contributed by atoms with Crippen LogP contribution in [0.4, 0.5) is 0 Å². The second-order valence-electron chi connectivity index (χ2n) is 5.58. The molecule has 1 aromatic carbocycles. The molecule has 0 radical (unpaired) electrons. The molecule has 4 heteroatoms. The number of aromatic nitrogens is 1. The number of rotatable bonds is 6. The van der Waals surface area contributed by atoms with Crippen LogP contribution in [-0.2, 0) is 18.4 Å². The van der Waals surface area contributed by atoms with Crippen LogP contribution in [-0.4, -0.2) is 23.6 Å². The van der Waals surface area contributed by atoms with Crippen LogP contribution in [0.1, 0.15) is 19.4 Å². The summed E-state index contributed by atoms with van der Waals surface area (Å²) in [7, 11) is 2.04. The van der Waals surface area contributed by atoms with Gasteiger partial charge in [-0.3, -0.25) is 4.79 Å². The molecule has 1 aromatic heterocycles. The van der Waals surface area contributed by atoms with E-state index in [0.717, 1.165) is 6.54 Å². The van der Waals surface area contributed by atoms with Crippen molar-refractivity contribution < 1.29 is 4.79 Å². The third kappa shape index (κ3) is 3.61. The maximum Gasteiger partial charge on any atom is 0.233 e. The Morgan fingerprint density at radius 1 is 1.30 bits per heavy atom. The van der Waals surface area contributed by atoms with Crippen molar-refractivity contribution in [3.8, 4) is 0 Å². The number of nitrogens with zero attached hydrogens (tertiary/aromatic N) is 1. The first kappa shape index (κ1) is 14.6. The van der Waals surface area contributed by atoms with Crippen LogP contribution in [0, 0.1) is 5.92 Å². The van der Waals surface area contributed by atoms with E-state index in [2.05, 4.69) is 47.4 Å². The van der Waals surface area contributed by atoms with Gasteiger partial charge in [0.1, 0.15) is 0 Å². The Morgan fingerprint density at radius 2 is 2.05 bits per heavy atom. The minimum absolute atomic E-state index is 0.0546. The van der Waals surface area contributed by atoms with Gasteiger partial charge in [0.05, 0.1) is 6.54 Å². The Bertz CT molecular complexity index is 586. The highest BCUT2D eigenvalue weighted by Crippen LogP contribution is 2.19. The van der Waals surface area contributed by atoms with Crippen molar-refractivity contribution in [1.82, 2.24) is 15.2 Å². The van der Waals surface area contributed by atoms with Crippen LogP contribution in [0.3, 0.4) is 0 Å². The summed E-state index contributed by atoms with van der Waals surface area (Å²) >= 11 is 0. The molecule has 0 fully saturated rings. The molecule has 0 spiro atoms. The van der Waals surface area contributed by atoms with Crippen molar-refractivity contribution in [2.75, 3.05) is 13.1 Å². The molecule has 1 heterocycles. The van der Waals surface area contributed by atoms with Gasteiger partial charge < -0.3 is 15.2 Å². The fourth-order valence-electron chi connectivity index (χ4n) is 2.26. The van der Waals surface area contributed by atoms with Gasteiger partial charge in [-0.1, -0.05) is 32.0 Å². The van der Waals surface area contributed by atoms with Crippen molar-refractivity contribution in [2.45, 2.75) is 20.4 Å². The van der Waals surface area contributed by atoms with Gasteiger partial charge in [-0.15, -0.1) is 0 Å². The molecule has 0 saturated carbocycles. The van der Waals surface area contributed by atoms with E-state index >= 15 is 0 Å². The highest BCUT2D eigenvalue weighted by atomic mass is 16.1. The van der Waals surface area contributed by atoms with Gasteiger partial charge in [0.25, 0.3) is 0 Å². The Labute approximate surface area is 120 Å². The van der Waals surface area contributed by atoms with E-state index in [1.165, 1.54) is 16.5 Å². The van der Waals surface area contributed by atoms with E-state index in [9.17, 15) is 4.79 Å². The van der Waals surface area contributed by atoms with Gasteiger partial charge >= 0.3 is 0 Å². The zero-order valence-electron chi connectivity index (χ0n) is 12.4. The number of para-hydroxylation sites is 1. The molecule has 0 aliphatic heterocycles. The van der Waals surface area contributed by atoms with Crippen molar-refractivity contribution in [1.29, 1.82) is 0 Å². The topological polar surface area (TPSA) is 46.1 Å². The lowest BCUT2D eigenvalue weighted by Gasteiger charge is -2.08. The largest absolute Gasteiger partial charge is 0.355 e. The fraction of sp³-hybridized carbons (Fsp3) is 0.438. The van der Waals surface area contributed by atoms with Crippen molar-refractivity contribution in [3.63, 3.8) is 0 Å². The summed E-state index contributed by atoms with van der Waals surface area (Å²) in [6, 6.07) is 8.31. The van der Waals surface area contributed by atoms with Crippen LogP contribution >= 0.6 is 0 Å². The molecular formula is C16H23N3O. The van der Waals surface area contributed by atoms with E-state index in [0.29, 0.717) is 19.0 Å². The highest BCUT2D eigenvalue weighted by Gasteiger charge is 2.06. The number of carbonyl (C=O) groups excluding carboxylic acids is 1. The van der Waals surface area contributed by atoms with Gasteiger partial charge in [-0.2, -0.15) is 0 Å². The lowest BCUT2D eigenvalue weighted by Crippen LogP contribution is -2.35. The second kappa shape index (κ2) is 6.57. The average Bonchev–Trinajstić information content (AvgIpc) is 2.74. The lowest BCUT2D eigenvalue weighted by atomic mass is 10.2. The maximum absolute atomic E-state index is 11.6. The van der Waals surface area contributed by atoms with Crippen LogP contribution in [0.25, 0.3) is 10.9 Å². The van der Waals surface area contributed by atoms with Crippen LogP contribution in [0.5, 0.6) is 0 Å². The smallest absolute Gasteiger partial charge is 0.233 e. The third-order valence-electron chi connectivity index (χ3n) is 3.29. The van der Waals surface area contributed by atoms with Gasteiger partial charge in [0.2, 0.25) is 5.91 Å². The van der Waals surface area contributed by atoms with Gasteiger partial charge in [0, 0.05) is 37.2 Å². The molecule has 0 atom stereocenters. The van der Waals surface area contributed by atoms with Gasteiger partial charge in [0.15, 0.2) is 0 Å². The minimum Gasteiger partial charge on any atom is -0.355 e. The molecule has 0 unspecified atom stereocenters. The summed E-state index contributed by atoms with van der Waals surface area (Å²) in [6.07, 6.45) is 2.11. The standard InChI is InChI=1S/C16H23N3O/c1-12(2)8-18-16(20)10-17-9-13-11-19(3)15-7-5-4-6-14(13)15/h4-7,11-12,17H,8-10H2,1-3H3,(H,18,20). The van der Waals surface area contributed by atoms with E-state index in [1.54, 1.807) is 0 Å². The van der Waals surface area contributed by atoms with Gasteiger partial charge in [-0.05, 0) is 17.5 Å². The average molecular weight is 273 g/mol. The summed E-state index contributed by atoms with van der Waals surface area (Å²) in [5, 5.41) is 7.35. The number of carbonyl (C=O) groups is 1. The molecule has 0 aliphatic carbocycles. The van der Waals surface area contributed by atoms with E-state index in [1.807, 2.05) is 19.2 Å². The molecule has 0 bridgehead atoms. The van der Waals surface area contributed by atoms with Gasteiger partial charge in [-0.25, -0.2) is 0 Å². The molecule has 2 rings (SSSR count). The summed E-state index contributed by atoms with van der Waals surface area (Å²) in [6.45, 7) is 5.97. The monoisotopic (exact) mass is 273 g/mol. The molecule has 20 heavy (non-hydrogen) atoms. The summed E-state index contributed by atoms with van der Waals surface area (Å²) in [4.78, 5) is 11.6. The van der Waals surface area contributed by atoms with E-state index in [4.69, 9.17) is 0 Å². The van der Waals surface area contributed by atoms with Crippen LogP contribution in [0.15, 0.2) is 30.5 Å². The zero-order chi connectivity index (χ0) is 14.5. The second-order valence-corrected chi connectivity index (χ2v) is 5.58. The summed E-state index contributed by atoms with van der Waals surface area (Å²) in [5.41, 5.74) is 2.44. The predicted octanol–water partition coefficient (Wildman–Crippen LogP) is 2.04. The number of amides is 1. The minimum atomic E-state index is 0.0546. The number of hydrogen-bond acceptors (Lipinski definition) is 2.